The van der Waals surface area contributed by atoms with Gasteiger partial charge in [-0.3, -0.25) is 4.79 Å². The minimum atomic E-state index is -0.387. The molecule has 2 heterocycles. The largest absolute Gasteiger partial charge is 0.493 e. The van der Waals surface area contributed by atoms with Crippen LogP contribution in [0.4, 0.5) is 0 Å². The summed E-state index contributed by atoms with van der Waals surface area (Å²) in [5.74, 6) is 2.62. The quantitative estimate of drug-likeness (QED) is 0.757. The van der Waals surface area contributed by atoms with Crippen molar-refractivity contribution < 1.29 is 23.7 Å². The number of hydrogen-bond donors (Lipinski definition) is 0. The van der Waals surface area contributed by atoms with Crippen LogP contribution in [0.2, 0.25) is 0 Å². The number of allylic oxidation sites excluding steroid dienone is 3. The molecular weight excluding hydrogens is 332 g/mol. The maximum atomic E-state index is 12.2. The summed E-state index contributed by atoms with van der Waals surface area (Å²) in [6.07, 6.45) is 6.71. The molecule has 5 nitrogen and oxygen atoms in total. The Balaban J connectivity index is 1.64. The highest BCUT2D eigenvalue weighted by Gasteiger charge is 2.52. The van der Waals surface area contributed by atoms with Crippen LogP contribution in [0.25, 0.3) is 0 Å². The molecule has 0 amide bonds. The van der Waals surface area contributed by atoms with Gasteiger partial charge in [0.2, 0.25) is 12.6 Å². The van der Waals surface area contributed by atoms with Crippen LogP contribution < -0.4 is 9.47 Å². The molecule has 136 valence electrons. The van der Waals surface area contributed by atoms with Gasteiger partial charge in [-0.25, -0.2) is 0 Å². The first-order valence-electron chi connectivity index (χ1n) is 8.77. The van der Waals surface area contributed by atoms with Crippen molar-refractivity contribution in [1.29, 1.82) is 0 Å². The molecule has 1 aromatic carbocycles. The Morgan fingerprint density at radius 2 is 2.15 bits per heavy atom. The van der Waals surface area contributed by atoms with E-state index in [1.165, 1.54) is 7.11 Å². The van der Waals surface area contributed by atoms with Crippen molar-refractivity contribution in [2.75, 3.05) is 13.9 Å². The van der Waals surface area contributed by atoms with Gasteiger partial charge in [-0.1, -0.05) is 19.1 Å². The van der Waals surface area contributed by atoms with Gasteiger partial charge in [-0.15, -0.1) is 6.58 Å². The topological polar surface area (TPSA) is 54.0 Å². The first kappa shape index (κ1) is 16.8. The van der Waals surface area contributed by atoms with E-state index in [-0.39, 0.29) is 30.0 Å². The van der Waals surface area contributed by atoms with E-state index in [2.05, 4.69) is 13.5 Å². The summed E-state index contributed by atoms with van der Waals surface area (Å²) in [6.45, 7) is 6.31. The lowest BCUT2D eigenvalue weighted by atomic mass is 9.69. The van der Waals surface area contributed by atoms with Gasteiger partial charge < -0.3 is 18.9 Å². The normalized spacial score (nSPS) is 28.8. The van der Waals surface area contributed by atoms with Crippen molar-refractivity contribution in [3.05, 3.63) is 60.1 Å². The van der Waals surface area contributed by atoms with Gasteiger partial charge in [0, 0.05) is 18.4 Å². The predicted octanol–water partition coefficient (Wildman–Crippen LogP) is 3.55. The Morgan fingerprint density at radius 1 is 1.35 bits per heavy atom. The van der Waals surface area contributed by atoms with E-state index in [1.807, 2.05) is 30.4 Å². The second-order valence-corrected chi connectivity index (χ2v) is 6.96. The molecule has 0 N–H and O–H groups in total. The number of methoxy groups -OCH3 is 1. The Bertz CT molecular complexity index is 822. The first-order chi connectivity index (χ1) is 12.6. The molecule has 2 aliphatic heterocycles. The van der Waals surface area contributed by atoms with Gasteiger partial charge in [-0.05, 0) is 30.2 Å². The molecule has 3 atom stereocenters. The summed E-state index contributed by atoms with van der Waals surface area (Å²) in [5, 5.41) is 0. The van der Waals surface area contributed by atoms with Gasteiger partial charge in [0.1, 0.15) is 11.9 Å². The lowest BCUT2D eigenvalue weighted by Gasteiger charge is -2.31. The zero-order valence-electron chi connectivity index (χ0n) is 15.0. The third kappa shape index (κ3) is 2.50. The van der Waals surface area contributed by atoms with Crippen molar-refractivity contribution in [1.82, 2.24) is 0 Å². The average Bonchev–Trinajstić information content (AvgIpc) is 3.19. The fraction of sp³-hybridized carbons (Fsp3) is 0.381. The summed E-state index contributed by atoms with van der Waals surface area (Å²) in [7, 11) is 1.52. The Labute approximate surface area is 152 Å². The third-order valence-corrected chi connectivity index (χ3v) is 5.58. The van der Waals surface area contributed by atoms with Crippen LogP contribution >= 0.6 is 0 Å². The molecule has 5 heteroatoms. The lowest BCUT2D eigenvalue weighted by Crippen LogP contribution is -2.31. The second kappa shape index (κ2) is 6.24. The molecule has 0 spiro atoms. The number of ketones is 1. The van der Waals surface area contributed by atoms with E-state index in [0.29, 0.717) is 17.9 Å². The molecule has 3 aliphatic rings. The van der Waals surface area contributed by atoms with Crippen molar-refractivity contribution in [2.24, 2.45) is 11.3 Å². The number of benzene rings is 1. The van der Waals surface area contributed by atoms with Crippen molar-refractivity contribution in [2.45, 2.75) is 25.9 Å². The number of carbonyl (C=O) groups excluding carboxylic acids is 1. The van der Waals surface area contributed by atoms with Crippen molar-refractivity contribution in [3.63, 3.8) is 0 Å². The highest BCUT2D eigenvalue weighted by atomic mass is 16.7. The van der Waals surface area contributed by atoms with Crippen LogP contribution in [0.1, 0.15) is 18.9 Å². The fourth-order valence-electron chi connectivity index (χ4n) is 4.06. The zero-order valence-corrected chi connectivity index (χ0v) is 15.0. The van der Waals surface area contributed by atoms with Crippen molar-refractivity contribution >= 4 is 5.78 Å². The molecule has 1 fully saturated rings. The maximum Gasteiger partial charge on any atom is 0.231 e. The Morgan fingerprint density at radius 3 is 2.92 bits per heavy atom. The van der Waals surface area contributed by atoms with Gasteiger partial charge in [-0.2, -0.15) is 0 Å². The van der Waals surface area contributed by atoms with E-state index in [9.17, 15) is 4.79 Å². The number of carbonyl (C=O) groups is 1. The standard InChI is InChI=1S/C21H22O5/c1-4-7-21-11-19(23-3)15(22)10-20(21)26-17(13(21)2)8-14-5-6-16-18(9-14)25-12-24-16/h4-6,9-11,13,17H,1,7-8,12H2,2-3H3/t13-,17+,21-/m0/s1. The smallest absolute Gasteiger partial charge is 0.231 e. The summed E-state index contributed by atoms with van der Waals surface area (Å²) < 4.78 is 22.4. The second-order valence-electron chi connectivity index (χ2n) is 6.96. The summed E-state index contributed by atoms with van der Waals surface area (Å²) in [4.78, 5) is 12.2. The number of ether oxygens (including phenoxy) is 4. The molecule has 4 rings (SSSR count). The summed E-state index contributed by atoms with van der Waals surface area (Å²) in [6, 6.07) is 5.95. The zero-order chi connectivity index (χ0) is 18.3. The number of hydrogen-bond acceptors (Lipinski definition) is 5. The molecule has 1 aromatic rings. The van der Waals surface area contributed by atoms with E-state index >= 15 is 0 Å². The van der Waals surface area contributed by atoms with Gasteiger partial charge in [0.15, 0.2) is 17.3 Å². The highest BCUT2D eigenvalue weighted by Crippen LogP contribution is 2.53. The highest BCUT2D eigenvalue weighted by molar-refractivity contribution is 6.04. The monoisotopic (exact) mass is 354 g/mol. The Hall–Kier alpha value is -2.69. The number of rotatable bonds is 5. The van der Waals surface area contributed by atoms with Gasteiger partial charge in [0.05, 0.1) is 12.5 Å². The predicted molar refractivity (Wildman–Crippen MR) is 95.7 cm³/mol. The summed E-state index contributed by atoms with van der Waals surface area (Å²) in [5.41, 5.74) is 0.725. The van der Waals surface area contributed by atoms with Crippen LogP contribution in [-0.2, 0) is 20.7 Å². The number of fused-ring (bicyclic) bond motifs is 2. The minimum absolute atomic E-state index is 0.0539. The summed E-state index contributed by atoms with van der Waals surface area (Å²) >= 11 is 0. The lowest BCUT2D eigenvalue weighted by molar-refractivity contribution is -0.114. The molecular formula is C21H22O5. The molecule has 1 aliphatic carbocycles. The van der Waals surface area contributed by atoms with E-state index in [0.717, 1.165) is 23.5 Å². The first-order valence-corrected chi connectivity index (χ1v) is 8.77. The SMILES string of the molecule is C=CC[C@@]12C=C(OC)C(=O)C=C1O[C@H](Cc1ccc3c(c1)OCO3)[C@@H]2C. The molecule has 1 saturated heterocycles. The molecule has 26 heavy (non-hydrogen) atoms. The molecule has 0 aromatic heterocycles. The van der Waals surface area contributed by atoms with Crippen LogP contribution in [-0.4, -0.2) is 25.8 Å². The van der Waals surface area contributed by atoms with E-state index in [4.69, 9.17) is 18.9 Å². The van der Waals surface area contributed by atoms with Crippen LogP contribution in [0.15, 0.2) is 54.5 Å². The molecule has 0 unspecified atom stereocenters. The van der Waals surface area contributed by atoms with Gasteiger partial charge in [0.25, 0.3) is 0 Å². The van der Waals surface area contributed by atoms with E-state index < -0.39 is 0 Å². The van der Waals surface area contributed by atoms with E-state index in [1.54, 1.807) is 6.08 Å². The molecule has 0 bridgehead atoms. The molecule has 0 saturated carbocycles. The maximum absolute atomic E-state index is 12.2. The fourth-order valence-corrected chi connectivity index (χ4v) is 4.06. The van der Waals surface area contributed by atoms with Crippen LogP contribution in [0.3, 0.4) is 0 Å². The van der Waals surface area contributed by atoms with Crippen LogP contribution in [0.5, 0.6) is 11.5 Å². The molecule has 0 radical (unpaired) electrons. The Kier molecular flexibility index (Phi) is 4.02. The average molecular weight is 354 g/mol. The minimum Gasteiger partial charge on any atom is -0.493 e. The van der Waals surface area contributed by atoms with Crippen molar-refractivity contribution in [3.8, 4) is 11.5 Å². The third-order valence-electron chi connectivity index (χ3n) is 5.58. The van der Waals surface area contributed by atoms with Gasteiger partial charge >= 0.3 is 0 Å². The van der Waals surface area contributed by atoms with Crippen LogP contribution in [0, 0.1) is 11.3 Å².